The van der Waals surface area contributed by atoms with Gasteiger partial charge in [0.25, 0.3) is 5.56 Å². The van der Waals surface area contributed by atoms with Crippen LogP contribution in [0.1, 0.15) is 44.9 Å². The Morgan fingerprint density at radius 2 is 1.78 bits per heavy atom. The van der Waals surface area contributed by atoms with Crippen molar-refractivity contribution in [3.8, 4) is 34.2 Å². The number of allylic oxidation sites excluding steroid dienone is 1. The van der Waals surface area contributed by atoms with Crippen molar-refractivity contribution in [3.63, 3.8) is 0 Å². The normalized spacial score (nSPS) is 14.2. The lowest BCUT2D eigenvalue weighted by atomic mass is 9.95. The fourth-order valence-electron chi connectivity index (χ4n) is 5.74. The summed E-state index contributed by atoms with van der Waals surface area (Å²) in [5.74, 6) is 0.0231. The second kappa shape index (κ2) is 14.9. The zero-order valence-electron chi connectivity index (χ0n) is 28.8. The molecular weight excluding hydrogens is 669 g/mol. The Labute approximate surface area is 298 Å². The van der Waals surface area contributed by atoms with Crippen LogP contribution in [0, 0.1) is 0 Å². The Morgan fingerprint density at radius 1 is 1.04 bits per heavy atom. The van der Waals surface area contributed by atoms with Crippen molar-refractivity contribution in [1.29, 1.82) is 0 Å². The number of ether oxygens (including phenoxy) is 4. The Bertz CT molecular complexity index is 2330. The van der Waals surface area contributed by atoms with Crippen molar-refractivity contribution in [2.45, 2.75) is 39.8 Å². The highest BCUT2D eigenvalue weighted by Gasteiger charge is 2.34. The largest absolute Gasteiger partial charge is 0.493 e. The SMILES string of the molecule is C=CCOC(=O)C1=C(C)N=c2sc(=Cc3cn(-c4ccccc4)nc3-c3ccc(OC(C)C)cc3)c(=O)n2C1c1ccc(OC(C)=O)c(OC)c1. The molecule has 12 heteroatoms. The number of carbonyl (C=O) groups excluding carboxylic acids is 2. The predicted molar refractivity (Wildman–Crippen MR) is 194 cm³/mol. The van der Waals surface area contributed by atoms with E-state index in [1.807, 2.05) is 74.6 Å². The van der Waals surface area contributed by atoms with Gasteiger partial charge < -0.3 is 18.9 Å². The van der Waals surface area contributed by atoms with Crippen LogP contribution in [-0.2, 0) is 14.3 Å². The number of fused-ring (bicyclic) bond motifs is 1. The van der Waals surface area contributed by atoms with Gasteiger partial charge in [0.2, 0.25) is 0 Å². The van der Waals surface area contributed by atoms with E-state index >= 15 is 0 Å². The number of methoxy groups -OCH3 is 1. The molecule has 0 radical (unpaired) electrons. The highest BCUT2D eigenvalue weighted by molar-refractivity contribution is 7.07. The summed E-state index contributed by atoms with van der Waals surface area (Å²) >= 11 is 1.20. The van der Waals surface area contributed by atoms with Crippen molar-refractivity contribution in [2.75, 3.05) is 13.7 Å². The third-order valence-corrected chi connectivity index (χ3v) is 8.86. The quantitative estimate of drug-likeness (QED) is 0.0999. The van der Waals surface area contributed by atoms with Gasteiger partial charge in [-0.1, -0.05) is 48.3 Å². The number of benzene rings is 3. The molecule has 0 spiro atoms. The van der Waals surface area contributed by atoms with Crippen LogP contribution in [0.2, 0.25) is 0 Å². The Kier molecular flexibility index (Phi) is 10.1. The summed E-state index contributed by atoms with van der Waals surface area (Å²) in [7, 11) is 1.44. The van der Waals surface area contributed by atoms with E-state index in [0.717, 1.165) is 17.0 Å². The standard InChI is InChI=1S/C39H36N4O7S/c1-7-19-48-38(46)34-24(4)40-39-43(36(34)27-15-18-31(50-25(5)44)32(20-27)47-6)37(45)33(51-39)21-28-22-42(29-11-9-8-10-12-29)41-35(28)26-13-16-30(17-14-26)49-23(2)3/h7-18,20-23,36H,1,19H2,2-6H3. The first kappa shape index (κ1) is 34.8. The zero-order valence-corrected chi connectivity index (χ0v) is 29.6. The Balaban J connectivity index is 1.53. The summed E-state index contributed by atoms with van der Waals surface area (Å²) in [5.41, 5.74) is 3.78. The minimum absolute atomic E-state index is 0.0273. The first-order valence-corrected chi connectivity index (χ1v) is 17.0. The van der Waals surface area contributed by atoms with Gasteiger partial charge in [0, 0.05) is 24.2 Å². The molecule has 2 aromatic heterocycles. The van der Waals surface area contributed by atoms with E-state index in [1.54, 1.807) is 35.9 Å². The Morgan fingerprint density at radius 3 is 2.45 bits per heavy atom. The molecule has 6 rings (SSSR count). The number of nitrogens with zero attached hydrogens (tertiary/aromatic N) is 4. The molecule has 1 aliphatic heterocycles. The molecule has 0 saturated carbocycles. The van der Waals surface area contributed by atoms with E-state index in [4.69, 9.17) is 29.0 Å². The van der Waals surface area contributed by atoms with E-state index in [9.17, 15) is 14.4 Å². The molecule has 3 aromatic carbocycles. The highest BCUT2D eigenvalue weighted by atomic mass is 32.1. The van der Waals surface area contributed by atoms with Crippen LogP contribution in [0.25, 0.3) is 23.0 Å². The predicted octanol–water partition coefficient (Wildman–Crippen LogP) is 5.54. The molecule has 1 atom stereocenters. The molecule has 11 nitrogen and oxygen atoms in total. The van der Waals surface area contributed by atoms with Crippen LogP contribution in [0.15, 0.2) is 113 Å². The minimum Gasteiger partial charge on any atom is -0.493 e. The van der Waals surface area contributed by atoms with Crippen LogP contribution in [0.4, 0.5) is 0 Å². The average Bonchev–Trinajstić information content (AvgIpc) is 3.67. The van der Waals surface area contributed by atoms with Gasteiger partial charge in [0.1, 0.15) is 18.1 Å². The number of thiazole rings is 1. The van der Waals surface area contributed by atoms with Crippen LogP contribution in [-0.4, -0.2) is 46.1 Å². The molecule has 0 saturated heterocycles. The van der Waals surface area contributed by atoms with Crippen molar-refractivity contribution in [2.24, 2.45) is 4.99 Å². The summed E-state index contributed by atoms with van der Waals surface area (Å²) in [5, 5.41) is 4.92. The van der Waals surface area contributed by atoms with Gasteiger partial charge in [0.15, 0.2) is 16.3 Å². The van der Waals surface area contributed by atoms with E-state index in [0.29, 0.717) is 31.9 Å². The van der Waals surface area contributed by atoms with Crippen LogP contribution >= 0.6 is 11.3 Å². The number of hydrogen-bond acceptors (Lipinski definition) is 10. The van der Waals surface area contributed by atoms with Gasteiger partial charge in [-0.15, -0.1) is 0 Å². The van der Waals surface area contributed by atoms with Crippen LogP contribution < -0.4 is 29.1 Å². The molecule has 1 aliphatic rings. The number of rotatable bonds is 11. The van der Waals surface area contributed by atoms with Crippen LogP contribution in [0.5, 0.6) is 17.2 Å². The second-order valence-corrected chi connectivity index (χ2v) is 12.9. The van der Waals surface area contributed by atoms with Gasteiger partial charge in [-0.3, -0.25) is 14.2 Å². The lowest BCUT2D eigenvalue weighted by Gasteiger charge is -2.25. The Hall–Kier alpha value is -6.01. The fraction of sp³-hybridized carbons (Fsp3) is 0.205. The number of esters is 2. The number of hydrogen-bond donors (Lipinski definition) is 0. The highest BCUT2D eigenvalue weighted by Crippen LogP contribution is 2.36. The van der Waals surface area contributed by atoms with Crippen molar-refractivity contribution in [3.05, 3.63) is 134 Å². The average molecular weight is 705 g/mol. The number of carbonyl (C=O) groups is 2. The maximum atomic E-state index is 14.5. The molecular formula is C39H36N4O7S. The summed E-state index contributed by atoms with van der Waals surface area (Å²) in [4.78, 5) is 44.8. The number of para-hydroxylation sites is 1. The lowest BCUT2D eigenvalue weighted by molar-refractivity contribution is -0.138. The molecule has 0 N–H and O–H groups in total. The summed E-state index contributed by atoms with van der Waals surface area (Å²) in [6, 6.07) is 21.3. The first-order chi connectivity index (χ1) is 24.6. The van der Waals surface area contributed by atoms with E-state index in [-0.39, 0.29) is 35.3 Å². The van der Waals surface area contributed by atoms with Gasteiger partial charge >= 0.3 is 11.9 Å². The van der Waals surface area contributed by atoms with E-state index < -0.39 is 18.0 Å². The van der Waals surface area contributed by atoms with E-state index in [2.05, 4.69) is 6.58 Å². The molecule has 0 fully saturated rings. The van der Waals surface area contributed by atoms with E-state index in [1.165, 1.54) is 36.0 Å². The smallest absolute Gasteiger partial charge is 0.338 e. The third-order valence-electron chi connectivity index (χ3n) is 7.88. The van der Waals surface area contributed by atoms with Crippen molar-refractivity contribution in [1.82, 2.24) is 14.3 Å². The zero-order chi connectivity index (χ0) is 36.2. The first-order valence-electron chi connectivity index (χ1n) is 16.2. The molecule has 3 heterocycles. The van der Waals surface area contributed by atoms with Gasteiger partial charge in [-0.05, 0) is 80.9 Å². The molecule has 0 amide bonds. The van der Waals surface area contributed by atoms with Crippen LogP contribution in [0.3, 0.4) is 0 Å². The summed E-state index contributed by atoms with van der Waals surface area (Å²) < 4.78 is 25.8. The molecule has 0 aliphatic carbocycles. The monoisotopic (exact) mass is 704 g/mol. The topological polar surface area (TPSA) is 123 Å². The maximum Gasteiger partial charge on any atom is 0.338 e. The second-order valence-electron chi connectivity index (χ2n) is 11.9. The molecule has 0 bridgehead atoms. The molecule has 1 unspecified atom stereocenters. The van der Waals surface area contributed by atoms with Crippen molar-refractivity contribution >= 4 is 29.4 Å². The molecule has 5 aromatic rings. The van der Waals surface area contributed by atoms with Crippen molar-refractivity contribution < 1.29 is 28.5 Å². The lowest BCUT2D eigenvalue weighted by Crippen LogP contribution is -2.40. The molecule has 260 valence electrons. The van der Waals surface area contributed by atoms with Gasteiger partial charge in [0.05, 0.1) is 40.7 Å². The molecule has 51 heavy (non-hydrogen) atoms. The minimum atomic E-state index is -0.930. The summed E-state index contributed by atoms with van der Waals surface area (Å²) in [6.07, 6.45) is 5.16. The fourth-order valence-corrected chi connectivity index (χ4v) is 6.78. The third kappa shape index (κ3) is 7.31. The number of aromatic nitrogens is 3. The van der Waals surface area contributed by atoms with Gasteiger partial charge in [-0.2, -0.15) is 5.10 Å². The maximum absolute atomic E-state index is 14.5. The van der Waals surface area contributed by atoms with Gasteiger partial charge in [-0.25, -0.2) is 14.5 Å². The summed E-state index contributed by atoms with van der Waals surface area (Å²) in [6.45, 7) is 10.5.